The van der Waals surface area contributed by atoms with Crippen LogP contribution in [0, 0.1) is 0 Å². The molecule has 8 heteroatoms. The van der Waals surface area contributed by atoms with Gasteiger partial charge in [-0.1, -0.05) is 22.9 Å². The van der Waals surface area contributed by atoms with Crippen molar-refractivity contribution < 1.29 is 17.6 Å². The third-order valence-corrected chi connectivity index (χ3v) is 3.36. The summed E-state index contributed by atoms with van der Waals surface area (Å²) in [5, 5.41) is 2.87. The van der Waals surface area contributed by atoms with Gasteiger partial charge in [0.05, 0.1) is 16.8 Å². The minimum absolute atomic E-state index is 0.160. The minimum Gasteiger partial charge on any atom is -0.355 e. The van der Waals surface area contributed by atoms with Gasteiger partial charge in [0, 0.05) is 5.02 Å². The zero-order chi connectivity index (χ0) is 13.3. The van der Waals surface area contributed by atoms with E-state index in [4.69, 9.17) is 11.6 Å². The summed E-state index contributed by atoms with van der Waals surface area (Å²) in [5.41, 5.74) is 0.576. The van der Waals surface area contributed by atoms with E-state index in [0.717, 1.165) is 11.3 Å². The van der Waals surface area contributed by atoms with Crippen molar-refractivity contribution in [2.45, 2.75) is 12.3 Å². The van der Waals surface area contributed by atoms with E-state index >= 15 is 0 Å². The Morgan fingerprint density at radius 1 is 1.39 bits per heavy atom. The molecule has 0 saturated heterocycles. The number of fused-ring (bicyclic) bond motifs is 1. The van der Waals surface area contributed by atoms with Gasteiger partial charge in [-0.3, -0.25) is 0 Å². The Morgan fingerprint density at radius 3 is 2.78 bits per heavy atom. The third-order valence-electron chi connectivity index (χ3n) is 2.15. The summed E-state index contributed by atoms with van der Waals surface area (Å²) in [6.45, 7) is -1.15. The molecule has 2 nitrogen and oxygen atoms in total. The second kappa shape index (κ2) is 4.89. The van der Waals surface area contributed by atoms with E-state index in [2.05, 4.69) is 10.3 Å². The third kappa shape index (κ3) is 2.84. The Labute approximate surface area is 109 Å². The number of alkyl halides is 4. The van der Waals surface area contributed by atoms with Crippen LogP contribution in [0.2, 0.25) is 5.02 Å². The normalized spacial score (nSPS) is 12.3. The predicted octanol–water partition coefficient (Wildman–Crippen LogP) is 4.26. The predicted molar refractivity (Wildman–Crippen MR) is 64.1 cm³/mol. The van der Waals surface area contributed by atoms with Crippen LogP contribution in [0.1, 0.15) is 0 Å². The lowest BCUT2D eigenvalue weighted by atomic mass is 10.3. The molecule has 2 aromatic rings. The Balaban J connectivity index is 2.13. The fourth-order valence-electron chi connectivity index (χ4n) is 1.24. The molecule has 0 radical (unpaired) electrons. The van der Waals surface area contributed by atoms with E-state index in [1.807, 2.05) is 0 Å². The summed E-state index contributed by atoms with van der Waals surface area (Å²) in [6.07, 6.45) is -3.70. The van der Waals surface area contributed by atoms with Crippen LogP contribution in [-0.4, -0.2) is 23.9 Å². The zero-order valence-corrected chi connectivity index (χ0v) is 10.3. The van der Waals surface area contributed by atoms with Crippen LogP contribution in [0.25, 0.3) is 10.2 Å². The highest BCUT2D eigenvalue weighted by Gasteiger charge is 2.40. The molecule has 0 unspecified atom stereocenters. The maximum Gasteiger partial charge on any atom is 0.324 e. The molecule has 18 heavy (non-hydrogen) atoms. The number of hydrogen-bond donors (Lipinski definition) is 1. The highest BCUT2D eigenvalue weighted by molar-refractivity contribution is 7.22. The number of anilines is 1. The standard InChI is InChI=1S/C10H7ClF4N2S/c11-5-1-2-6-7(3-5)18-9(17-6)16-4-10(14,15)8(12)13/h1-3,8H,4H2,(H,16,17). The Morgan fingerprint density at radius 2 is 2.11 bits per heavy atom. The van der Waals surface area contributed by atoms with Crippen molar-refractivity contribution in [1.29, 1.82) is 0 Å². The number of nitrogens with zero attached hydrogens (tertiary/aromatic N) is 1. The van der Waals surface area contributed by atoms with Crippen LogP contribution in [0.15, 0.2) is 18.2 Å². The summed E-state index contributed by atoms with van der Waals surface area (Å²) in [5.74, 6) is -4.07. The number of aromatic nitrogens is 1. The van der Waals surface area contributed by atoms with Crippen LogP contribution in [-0.2, 0) is 0 Å². The number of nitrogens with one attached hydrogen (secondary N) is 1. The smallest absolute Gasteiger partial charge is 0.324 e. The molecule has 0 aliphatic rings. The maximum atomic E-state index is 12.7. The maximum absolute atomic E-state index is 12.7. The zero-order valence-electron chi connectivity index (χ0n) is 8.76. The number of rotatable bonds is 4. The van der Waals surface area contributed by atoms with E-state index < -0.39 is 18.9 Å². The molecule has 0 aliphatic carbocycles. The molecule has 0 atom stereocenters. The summed E-state index contributed by atoms with van der Waals surface area (Å²) < 4.78 is 50.0. The van der Waals surface area contributed by atoms with Crippen LogP contribution >= 0.6 is 22.9 Å². The van der Waals surface area contributed by atoms with Crippen molar-refractivity contribution in [3.63, 3.8) is 0 Å². The molecule has 0 bridgehead atoms. The first-order valence-corrected chi connectivity index (χ1v) is 6.04. The quantitative estimate of drug-likeness (QED) is 0.853. The second-order valence-corrected chi connectivity index (χ2v) is 5.01. The van der Waals surface area contributed by atoms with Crippen molar-refractivity contribution in [2.75, 3.05) is 11.9 Å². The molecule has 0 amide bonds. The van der Waals surface area contributed by atoms with Gasteiger partial charge >= 0.3 is 12.3 Å². The number of halogens is 5. The van der Waals surface area contributed by atoms with Gasteiger partial charge in [0.15, 0.2) is 5.13 Å². The van der Waals surface area contributed by atoms with Gasteiger partial charge in [-0.25, -0.2) is 13.8 Å². The fraction of sp³-hybridized carbons (Fsp3) is 0.300. The summed E-state index contributed by atoms with van der Waals surface area (Å²) >= 11 is 6.84. The van der Waals surface area contributed by atoms with Gasteiger partial charge in [-0.15, -0.1) is 0 Å². The second-order valence-electron chi connectivity index (χ2n) is 3.55. The van der Waals surface area contributed by atoms with Crippen molar-refractivity contribution in [2.24, 2.45) is 0 Å². The molecule has 0 fully saturated rings. The molecule has 1 heterocycles. The summed E-state index contributed by atoms with van der Waals surface area (Å²) in [6, 6.07) is 4.87. The molecule has 2 rings (SSSR count). The lowest BCUT2D eigenvalue weighted by Gasteiger charge is -2.14. The van der Waals surface area contributed by atoms with E-state index in [0.29, 0.717) is 15.2 Å². The van der Waals surface area contributed by atoms with Gasteiger partial charge in [0.1, 0.15) is 0 Å². The first-order chi connectivity index (χ1) is 8.38. The fourth-order valence-corrected chi connectivity index (χ4v) is 2.38. The molecule has 1 N–H and O–H groups in total. The van der Waals surface area contributed by atoms with Crippen molar-refractivity contribution in [3.8, 4) is 0 Å². The van der Waals surface area contributed by atoms with E-state index in [1.165, 1.54) is 0 Å². The van der Waals surface area contributed by atoms with Crippen LogP contribution in [0.4, 0.5) is 22.7 Å². The minimum atomic E-state index is -4.07. The first-order valence-electron chi connectivity index (χ1n) is 4.84. The average molecular weight is 299 g/mol. The highest BCUT2D eigenvalue weighted by atomic mass is 35.5. The van der Waals surface area contributed by atoms with Gasteiger partial charge < -0.3 is 5.32 Å². The first kappa shape index (κ1) is 13.4. The Kier molecular flexibility index (Phi) is 3.63. The highest BCUT2D eigenvalue weighted by Crippen LogP contribution is 2.30. The summed E-state index contributed by atoms with van der Waals surface area (Å²) in [7, 11) is 0. The largest absolute Gasteiger partial charge is 0.355 e. The van der Waals surface area contributed by atoms with Crippen molar-refractivity contribution in [1.82, 2.24) is 4.98 Å². The van der Waals surface area contributed by atoms with Gasteiger partial charge in [0.2, 0.25) is 0 Å². The number of benzene rings is 1. The average Bonchev–Trinajstić information content (AvgIpc) is 2.68. The van der Waals surface area contributed by atoms with Crippen molar-refractivity contribution >= 4 is 38.3 Å². The molecule has 1 aromatic heterocycles. The summed E-state index contributed by atoms with van der Waals surface area (Å²) in [4.78, 5) is 3.99. The molecule has 1 aromatic carbocycles. The van der Waals surface area contributed by atoms with Gasteiger partial charge in [-0.05, 0) is 18.2 Å². The topological polar surface area (TPSA) is 24.9 Å². The van der Waals surface area contributed by atoms with Crippen molar-refractivity contribution in [3.05, 3.63) is 23.2 Å². The molecular formula is C10H7ClF4N2S. The van der Waals surface area contributed by atoms with Gasteiger partial charge in [0.25, 0.3) is 0 Å². The van der Waals surface area contributed by atoms with Crippen LogP contribution < -0.4 is 5.32 Å². The molecular weight excluding hydrogens is 292 g/mol. The Hall–Kier alpha value is -1.08. The van der Waals surface area contributed by atoms with E-state index in [1.54, 1.807) is 18.2 Å². The monoisotopic (exact) mass is 298 g/mol. The van der Waals surface area contributed by atoms with E-state index in [-0.39, 0.29) is 5.13 Å². The van der Waals surface area contributed by atoms with Crippen LogP contribution in [0.5, 0.6) is 0 Å². The number of hydrogen-bond acceptors (Lipinski definition) is 3. The molecule has 0 saturated carbocycles. The molecule has 0 spiro atoms. The lowest BCUT2D eigenvalue weighted by Crippen LogP contribution is -2.34. The van der Waals surface area contributed by atoms with E-state index in [9.17, 15) is 17.6 Å². The van der Waals surface area contributed by atoms with Crippen LogP contribution in [0.3, 0.4) is 0 Å². The molecule has 98 valence electrons. The SMILES string of the molecule is FC(F)C(F)(F)CNc1nc2ccc(Cl)cc2s1. The number of thiazole rings is 1. The Bertz CT molecular complexity index is 558. The lowest BCUT2D eigenvalue weighted by molar-refractivity contribution is -0.117. The van der Waals surface area contributed by atoms with Gasteiger partial charge in [-0.2, -0.15) is 8.78 Å². The molecule has 0 aliphatic heterocycles.